The molecule has 0 bridgehead atoms. The fourth-order valence-corrected chi connectivity index (χ4v) is 4.79. The van der Waals surface area contributed by atoms with Crippen molar-refractivity contribution in [1.82, 2.24) is 9.21 Å². The van der Waals surface area contributed by atoms with Crippen LogP contribution in [0, 0.1) is 5.92 Å². The number of rotatable bonds is 9. The Morgan fingerprint density at radius 3 is 2.30 bits per heavy atom. The molecule has 0 radical (unpaired) electrons. The molecule has 0 aromatic carbocycles. The Morgan fingerprint density at radius 2 is 1.85 bits per heavy atom. The van der Waals surface area contributed by atoms with Gasteiger partial charge in [0.2, 0.25) is 0 Å². The molecule has 1 heterocycles. The molecule has 4 nitrogen and oxygen atoms in total. The SMILES string of the molecule is CCN(CC)CCN(CC(C)C)S(=O)(=O)c1cccs1. The van der Waals surface area contributed by atoms with Crippen molar-refractivity contribution in [3.8, 4) is 0 Å². The van der Waals surface area contributed by atoms with Crippen molar-refractivity contribution < 1.29 is 8.42 Å². The van der Waals surface area contributed by atoms with Gasteiger partial charge in [0, 0.05) is 19.6 Å². The fourth-order valence-electron chi connectivity index (χ4n) is 2.05. The zero-order chi connectivity index (χ0) is 15.2. The molecule has 0 aliphatic carbocycles. The van der Waals surface area contributed by atoms with Crippen molar-refractivity contribution in [3.05, 3.63) is 17.5 Å². The van der Waals surface area contributed by atoms with Gasteiger partial charge in [0.05, 0.1) is 0 Å². The first-order valence-corrected chi connectivity index (χ1v) is 9.49. The minimum atomic E-state index is -3.34. The maximum absolute atomic E-state index is 12.6. The molecule has 0 aliphatic heterocycles. The number of hydrogen-bond acceptors (Lipinski definition) is 4. The molecule has 1 aromatic heterocycles. The third-order valence-electron chi connectivity index (χ3n) is 3.22. The number of thiophene rings is 1. The smallest absolute Gasteiger partial charge is 0.252 e. The van der Waals surface area contributed by atoms with Gasteiger partial charge in [0.1, 0.15) is 4.21 Å². The van der Waals surface area contributed by atoms with E-state index >= 15 is 0 Å². The third-order valence-corrected chi connectivity index (χ3v) is 6.46. The highest BCUT2D eigenvalue weighted by Crippen LogP contribution is 2.21. The van der Waals surface area contributed by atoms with Gasteiger partial charge in [0.25, 0.3) is 10.0 Å². The van der Waals surface area contributed by atoms with E-state index in [9.17, 15) is 8.42 Å². The molecule has 0 N–H and O–H groups in total. The van der Waals surface area contributed by atoms with E-state index in [1.807, 2.05) is 19.2 Å². The summed E-state index contributed by atoms with van der Waals surface area (Å²) in [5.41, 5.74) is 0. The van der Waals surface area contributed by atoms with Gasteiger partial charge >= 0.3 is 0 Å². The normalized spacial score (nSPS) is 12.8. The number of likely N-dealkylation sites (N-methyl/N-ethyl adjacent to an activating group) is 1. The summed E-state index contributed by atoms with van der Waals surface area (Å²) >= 11 is 1.29. The zero-order valence-electron chi connectivity index (χ0n) is 12.9. The van der Waals surface area contributed by atoms with Gasteiger partial charge in [0.15, 0.2) is 0 Å². The maximum Gasteiger partial charge on any atom is 0.252 e. The molecule has 6 heteroatoms. The molecule has 0 saturated heterocycles. The largest absolute Gasteiger partial charge is 0.303 e. The molecule has 0 aliphatic rings. The highest BCUT2D eigenvalue weighted by atomic mass is 32.2. The highest BCUT2D eigenvalue weighted by Gasteiger charge is 2.26. The van der Waals surface area contributed by atoms with E-state index in [1.54, 1.807) is 16.4 Å². The van der Waals surface area contributed by atoms with Crippen LogP contribution in [0.2, 0.25) is 0 Å². The molecule has 0 spiro atoms. The average Bonchev–Trinajstić information content (AvgIpc) is 2.92. The second-order valence-electron chi connectivity index (χ2n) is 5.22. The monoisotopic (exact) mass is 318 g/mol. The number of nitrogens with zero attached hydrogens (tertiary/aromatic N) is 2. The molecule has 1 aromatic rings. The van der Waals surface area contributed by atoms with Crippen molar-refractivity contribution in [2.75, 3.05) is 32.7 Å². The van der Waals surface area contributed by atoms with E-state index in [-0.39, 0.29) is 0 Å². The van der Waals surface area contributed by atoms with Crippen LogP contribution in [0.5, 0.6) is 0 Å². The molecular weight excluding hydrogens is 292 g/mol. The van der Waals surface area contributed by atoms with E-state index in [4.69, 9.17) is 0 Å². The molecular formula is C14H26N2O2S2. The van der Waals surface area contributed by atoms with Gasteiger partial charge in [-0.25, -0.2) is 8.42 Å². The van der Waals surface area contributed by atoms with Crippen molar-refractivity contribution in [3.63, 3.8) is 0 Å². The molecule has 0 saturated carbocycles. The Kier molecular flexibility index (Phi) is 7.15. The second-order valence-corrected chi connectivity index (χ2v) is 8.33. The number of sulfonamides is 1. The lowest BCUT2D eigenvalue weighted by atomic mass is 10.2. The van der Waals surface area contributed by atoms with Gasteiger partial charge in [-0.05, 0) is 30.5 Å². The second kappa shape index (κ2) is 8.12. The first kappa shape index (κ1) is 17.6. The summed E-state index contributed by atoms with van der Waals surface area (Å²) in [5.74, 6) is 0.321. The summed E-state index contributed by atoms with van der Waals surface area (Å²) in [5, 5.41) is 1.81. The van der Waals surface area contributed by atoms with E-state index in [2.05, 4.69) is 18.7 Å². The summed E-state index contributed by atoms with van der Waals surface area (Å²) in [6.45, 7) is 12.1. The zero-order valence-corrected chi connectivity index (χ0v) is 14.5. The Balaban J connectivity index is 2.84. The van der Waals surface area contributed by atoms with Crippen LogP contribution >= 0.6 is 11.3 Å². The lowest BCUT2D eigenvalue weighted by Crippen LogP contribution is -2.40. The molecule has 116 valence electrons. The quantitative estimate of drug-likeness (QED) is 0.703. The summed E-state index contributed by atoms with van der Waals surface area (Å²) < 4.78 is 27.3. The molecule has 0 fully saturated rings. The minimum Gasteiger partial charge on any atom is -0.303 e. The predicted molar refractivity (Wildman–Crippen MR) is 85.7 cm³/mol. The standard InChI is InChI=1S/C14H26N2O2S2/c1-5-15(6-2)9-10-16(12-13(3)4)20(17,18)14-8-7-11-19-14/h7-8,11,13H,5-6,9-10,12H2,1-4H3. The Bertz CT molecular complexity index is 465. The first-order chi connectivity index (χ1) is 9.41. The summed E-state index contributed by atoms with van der Waals surface area (Å²) in [4.78, 5) is 2.25. The van der Waals surface area contributed by atoms with E-state index < -0.39 is 10.0 Å². The summed E-state index contributed by atoms with van der Waals surface area (Å²) in [6, 6.07) is 3.47. The Labute approximate surface area is 127 Å². The topological polar surface area (TPSA) is 40.6 Å². The van der Waals surface area contributed by atoms with Gasteiger partial charge in [-0.15, -0.1) is 11.3 Å². The van der Waals surface area contributed by atoms with Crippen LogP contribution in [0.1, 0.15) is 27.7 Å². The molecule has 20 heavy (non-hydrogen) atoms. The van der Waals surface area contributed by atoms with Gasteiger partial charge in [-0.2, -0.15) is 4.31 Å². The summed E-state index contributed by atoms with van der Waals surface area (Å²) in [7, 11) is -3.34. The summed E-state index contributed by atoms with van der Waals surface area (Å²) in [6.07, 6.45) is 0. The van der Waals surface area contributed by atoms with Crippen LogP contribution in [0.4, 0.5) is 0 Å². The third kappa shape index (κ3) is 4.84. The molecule has 1 rings (SSSR count). The van der Waals surface area contributed by atoms with Crippen molar-refractivity contribution >= 4 is 21.4 Å². The average molecular weight is 319 g/mol. The van der Waals surface area contributed by atoms with E-state index in [0.29, 0.717) is 23.2 Å². The van der Waals surface area contributed by atoms with Crippen molar-refractivity contribution in [2.24, 2.45) is 5.92 Å². The Hall–Kier alpha value is -0.430. The lowest BCUT2D eigenvalue weighted by Gasteiger charge is -2.26. The van der Waals surface area contributed by atoms with E-state index in [1.165, 1.54) is 11.3 Å². The minimum absolute atomic E-state index is 0.321. The van der Waals surface area contributed by atoms with Gasteiger partial charge in [-0.3, -0.25) is 0 Å². The Morgan fingerprint density at radius 1 is 1.20 bits per heavy atom. The highest BCUT2D eigenvalue weighted by molar-refractivity contribution is 7.91. The van der Waals surface area contributed by atoms with Crippen molar-refractivity contribution in [2.45, 2.75) is 31.9 Å². The lowest BCUT2D eigenvalue weighted by molar-refractivity contribution is 0.262. The molecule has 0 amide bonds. The van der Waals surface area contributed by atoms with Gasteiger partial charge < -0.3 is 4.90 Å². The van der Waals surface area contributed by atoms with Crippen LogP contribution in [-0.2, 0) is 10.0 Å². The van der Waals surface area contributed by atoms with Crippen LogP contribution in [0.3, 0.4) is 0 Å². The maximum atomic E-state index is 12.6. The van der Waals surface area contributed by atoms with Crippen LogP contribution in [0.15, 0.2) is 21.7 Å². The van der Waals surface area contributed by atoms with E-state index in [0.717, 1.165) is 19.6 Å². The molecule has 0 atom stereocenters. The predicted octanol–water partition coefficient (Wildman–Crippen LogP) is 2.74. The van der Waals surface area contributed by atoms with Crippen molar-refractivity contribution in [1.29, 1.82) is 0 Å². The first-order valence-electron chi connectivity index (χ1n) is 7.17. The van der Waals surface area contributed by atoms with Crippen LogP contribution in [0.25, 0.3) is 0 Å². The fraction of sp³-hybridized carbons (Fsp3) is 0.714. The molecule has 0 unspecified atom stereocenters. The number of hydrogen-bond donors (Lipinski definition) is 0. The van der Waals surface area contributed by atoms with Crippen LogP contribution in [-0.4, -0.2) is 50.3 Å². The van der Waals surface area contributed by atoms with Crippen LogP contribution < -0.4 is 0 Å². The van der Waals surface area contributed by atoms with Gasteiger partial charge in [-0.1, -0.05) is 33.8 Å².